The van der Waals surface area contributed by atoms with Crippen LogP contribution in [-0.2, 0) is 4.79 Å². The van der Waals surface area contributed by atoms with Gasteiger partial charge in [0, 0.05) is 24.1 Å². The van der Waals surface area contributed by atoms with Gasteiger partial charge in [0.2, 0.25) is 11.8 Å². The van der Waals surface area contributed by atoms with Gasteiger partial charge in [-0.2, -0.15) is 0 Å². The van der Waals surface area contributed by atoms with Crippen LogP contribution >= 0.6 is 0 Å². The standard InChI is InChI=1S/C12H12N4O4/c1-2-3-10(17)13-12-15-14-11(20-12)8-4-6-9(7-5-8)16(18)19/h4-7H,2-3H2,1H3,(H,13,15,17). The van der Waals surface area contributed by atoms with Crippen molar-refractivity contribution in [2.45, 2.75) is 19.8 Å². The number of nitrogens with one attached hydrogen (secondary N) is 1. The molecule has 0 unspecified atom stereocenters. The van der Waals surface area contributed by atoms with Gasteiger partial charge >= 0.3 is 6.01 Å². The van der Waals surface area contributed by atoms with E-state index < -0.39 is 4.92 Å². The Hall–Kier alpha value is -2.77. The van der Waals surface area contributed by atoms with Crippen LogP contribution in [0.4, 0.5) is 11.7 Å². The third kappa shape index (κ3) is 3.16. The van der Waals surface area contributed by atoms with Crippen LogP contribution in [0.15, 0.2) is 28.7 Å². The van der Waals surface area contributed by atoms with Crippen LogP contribution < -0.4 is 5.32 Å². The molecule has 0 aliphatic carbocycles. The Balaban J connectivity index is 2.12. The van der Waals surface area contributed by atoms with Gasteiger partial charge in [0.05, 0.1) is 4.92 Å². The molecule has 1 N–H and O–H groups in total. The summed E-state index contributed by atoms with van der Waals surface area (Å²) >= 11 is 0. The van der Waals surface area contributed by atoms with Gasteiger partial charge in [0.25, 0.3) is 5.69 Å². The molecule has 0 atom stereocenters. The van der Waals surface area contributed by atoms with Crippen LogP contribution in [0.3, 0.4) is 0 Å². The van der Waals surface area contributed by atoms with Crippen LogP contribution in [0.5, 0.6) is 0 Å². The van der Waals surface area contributed by atoms with Gasteiger partial charge in [-0.25, -0.2) is 0 Å². The number of nitro benzene ring substituents is 1. The van der Waals surface area contributed by atoms with Crippen LogP contribution in [0, 0.1) is 10.1 Å². The van der Waals surface area contributed by atoms with Crippen molar-refractivity contribution in [3.05, 3.63) is 34.4 Å². The molecule has 1 amide bonds. The first kappa shape index (κ1) is 13.7. The first-order valence-corrected chi connectivity index (χ1v) is 5.98. The monoisotopic (exact) mass is 276 g/mol. The number of hydrogen-bond donors (Lipinski definition) is 1. The fraction of sp³-hybridized carbons (Fsp3) is 0.250. The van der Waals surface area contributed by atoms with Crippen molar-refractivity contribution in [1.82, 2.24) is 10.2 Å². The molecule has 8 nitrogen and oxygen atoms in total. The van der Waals surface area contributed by atoms with E-state index in [4.69, 9.17) is 4.42 Å². The molecule has 0 fully saturated rings. The highest BCUT2D eigenvalue weighted by Crippen LogP contribution is 2.22. The van der Waals surface area contributed by atoms with Gasteiger partial charge < -0.3 is 4.42 Å². The van der Waals surface area contributed by atoms with Crippen molar-refractivity contribution >= 4 is 17.6 Å². The molecule has 2 aromatic rings. The highest BCUT2D eigenvalue weighted by atomic mass is 16.6. The zero-order valence-corrected chi connectivity index (χ0v) is 10.7. The van der Waals surface area contributed by atoms with E-state index in [9.17, 15) is 14.9 Å². The molecule has 1 heterocycles. The van der Waals surface area contributed by atoms with E-state index in [-0.39, 0.29) is 23.5 Å². The minimum absolute atomic E-state index is 0.0109. The zero-order valence-electron chi connectivity index (χ0n) is 10.7. The number of anilines is 1. The SMILES string of the molecule is CCCC(=O)Nc1nnc(-c2ccc([N+](=O)[O-])cc2)o1. The predicted molar refractivity (Wildman–Crippen MR) is 69.9 cm³/mol. The number of hydrogen-bond acceptors (Lipinski definition) is 6. The van der Waals surface area contributed by atoms with Crippen LogP contribution in [0.25, 0.3) is 11.5 Å². The van der Waals surface area contributed by atoms with Crippen LogP contribution in [0.1, 0.15) is 19.8 Å². The molecule has 0 saturated carbocycles. The Labute approximate surface area is 114 Å². The summed E-state index contributed by atoms with van der Waals surface area (Å²) in [6.45, 7) is 1.88. The van der Waals surface area contributed by atoms with E-state index >= 15 is 0 Å². The Morgan fingerprint density at radius 3 is 2.65 bits per heavy atom. The van der Waals surface area contributed by atoms with E-state index in [0.29, 0.717) is 12.0 Å². The molecular weight excluding hydrogens is 264 g/mol. The number of benzene rings is 1. The maximum atomic E-state index is 11.4. The van der Waals surface area contributed by atoms with Crippen LogP contribution in [0.2, 0.25) is 0 Å². The molecule has 0 spiro atoms. The number of carbonyl (C=O) groups excluding carboxylic acids is 1. The van der Waals surface area contributed by atoms with Gasteiger partial charge in [-0.15, -0.1) is 5.10 Å². The van der Waals surface area contributed by atoms with Gasteiger partial charge in [-0.3, -0.25) is 20.2 Å². The lowest BCUT2D eigenvalue weighted by molar-refractivity contribution is -0.384. The summed E-state index contributed by atoms with van der Waals surface area (Å²) in [6.07, 6.45) is 1.09. The third-order valence-corrected chi connectivity index (χ3v) is 2.47. The van der Waals surface area contributed by atoms with E-state index in [1.807, 2.05) is 6.92 Å². The van der Waals surface area contributed by atoms with Crippen molar-refractivity contribution in [1.29, 1.82) is 0 Å². The predicted octanol–water partition coefficient (Wildman–Crippen LogP) is 2.38. The van der Waals surface area contributed by atoms with Gasteiger partial charge in [-0.05, 0) is 18.6 Å². The summed E-state index contributed by atoms with van der Waals surface area (Å²) < 4.78 is 5.26. The topological polar surface area (TPSA) is 111 Å². The molecular formula is C12H12N4O4. The number of carbonyl (C=O) groups is 1. The first-order valence-electron chi connectivity index (χ1n) is 5.98. The molecule has 8 heteroatoms. The smallest absolute Gasteiger partial charge is 0.322 e. The highest BCUT2D eigenvalue weighted by Gasteiger charge is 2.12. The molecule has 104 valence electrons. The summed E-state index contributed by atoms with van der Waals surface area (Å²) in [5.41, 5.74) is 0.517. The maximum absolute atomic E-state index is 11.4. The largest absolute Gasteiger partial charge is 0.403 e. The summed E-state index contributed by atoms with van der Waals surface area (Å²) in [7, 11) is 0. The highest BCUT2D eigenvalue weighted by molar-refractivity contribution is 5.88. The van der Waals surface area contributed by atoms with E-state index in [2.05, 4.69) is 15.5 Å². The fourth-order valence-corrected chi connectivity index (χ4v) is 1.52. The van der Waals surface area contributed by atoms with Crippen molar-refractivity contribution in [3.63, 3.8) is 0 Å². The first-order chi connectivity index (χ1) is 9.60. The maximum Gasteiger partial charge on any atom is 0.322 e. The van der Waals surface area contributed by atoms with Gasteiger partial charge in [0.1, 0.15) is 0 Å². The Kier molecular flexibility index (Phi) is 4.04. The molecule has 1 aromatic carbocycles. The van der Waals surface area contributed by atoms with Gasteiger partial charge in [-0.1, -0.05) is 12.0 Å². The quantitative estimate of drug-likeness (QED) is 0.662. The second kappa shape index (κ2) is 5.91. The van der Waals surface area contributed by atoms with E-state index in [0.717, 1.165) is 6.42 Å². The molecule has 20 heavy (non-hydrogen) atoms. The van der Waals surface area contributed by atoms with Crippen molar-refractivity contribution in [2.24, 2.45) is 0 Å². The summed E-state index contributed by atoms with van der Waals surface area (Å²) in [5.74, 6) is -0.0157. The number of rotatable bonds is 5. The average molecular weight is 276 g/mol. The summed E-state index contributed by atoms with van der Waals surface area (Å²) in [4.78, 5) is 21.4. The molecule has 2 rings (SSSR count). The second-order valence-corrected chi connectivity index (χ2v) is 4.01. The fourth-order valence-electron chi connectivity index (χ4n) is 1.52. The number of aromatic nitrogens is 2. The zero-order chi connectivity index (χ0) is 14.5. The Morgan fingerprint density at radius 1 is 1.35 bits per heavy atom. The number of nitrogens with zero attached hydrogens (tertiary/aromatic N) is 3. The minimum atomic E-state index is -0.492. The van der Waals surface area contributed by atoms with Crippen molar-refractivity contribution in [3.8, 4) is 11.5 Å². The second-order valence-electron chi connectivity index (χ2n) is 4.01. The average Bonchev–Trinajstić information content (AvgIpc) is 2.87. The normalized spacial score (nSPS) is 10.2. The van der Waals surface area contributed by atoms with Crippen LogP contribution in [-0.4, -0.2) is 21.0 Å². The lowest BCUT2D eigenvalue weighted by atomic mass is 10.2. The molecule has 0 aliphatic rings. The van der Waals surface area contributed by atoms with Crippen molar-refractivity contribution < 1.29 is 14.1 Å². The minimum Gasteiger partial charge on any atom is -0.403 e. The lowest BCUT2D eigenvalue weighted by Crippen LogP contribution is -2.10. The summed E-state index contributed by atoms with van der Waals surface area (Å²) in [5, 5.41) is 20.5. The van der Waals surface area contributed by atoms with Gasteiger partial charge in [0.15, 0.2) is 0 Å². The molecule has 0 aliphatic heterocycles. The molecule has 0 radical (unpaired) electrons. The third-order valence-electron chi connectivity index (χ3n) is 2.47. The Morgan fingerprint density at radius 2 is 2.05 bits per heavy atom. The van der Waals surface area contributed by atoms with E-state index in [1.165, 1.54) is 24.3 Å². The molecule has 0 bridgehead atoms. The van der Waals surface area contributed by atoms with E-state index in [1.54, 1.807) is 0 Å². The number of non-ortho nitro benzene ring substituents is 1. The number of amides is 1. The number of nitro groups is 1. The molecule has 1 aromatic heterocycles. The summed E-state index contributed by atoms with van der Waals surface area (Å²) in [6, 6.07) is 5.70. The van der Waals surface area contributed by atoms with Crippen molar-refractivity contribution in [2.75, 3.05) is 5.32 Å². The lowest BCUT2D eigenvalue weighted by Gasteiger charge is -1.97. The molecule has 0 saturated heterocycles. The Bertz CT molecular complexity index is 621.